The Kier molecular flexibility index (Phi) is 7.07. The SMILES string of the molecule is NCCN1CCC(Nc2cc(C(F)(F)F)cc3c2Nc2ccc(N4CCC(N)CC4)cc2S3)CC1. The second-order valence-corrected chi connectivity index (χ2v) is 10.8. The Bertz CT molecular complexity index is 1050. The molecule has 2 aromatic carbocycles. The number of halogens is 3. The minimum atomic E-state index is -4.41. The highest BCUT2D eigenvalue weighted by molar-refractivity contribution is 7.99. The van der Waals surface area contributed by atoms with Crippen LogP contribution in [0.3, 0.4) is 0 Å². The molecule has 3 heterocycles. The van der Waals surface area contributed by atoms with E-state index in [-0.39, 0.29) is 12.1 Å². The van der Waals surface area contributed by atoms with Gasteiger partial charge in [-0.25, -0.2) is 0 Å². The molecular formula is C25H33F3N6S. The number of hydrogen-bond donors (Lipinski definition) is 4. The third-order valence-corrected chi connectivity index (χ3v) is 8.27. The van der Waals surface area contributed by atoms with Gasteiger partial charge in [-0.3, -0.25) is 0 Å². The smallest absolute Gasteiger partial charge is 0.380 e. The van der Waals surface area contributed by atoms with E-state index in [4.69, 9.17) is 11.5 Å². The summed E-state index contributed by atoms with van der Waals surface area (Å²) in [5.74, 6) is 0. The van der Waals surface area contributed by atoms with Crippen molar-refractivity contribution in [2.75, 3.05) is 54.8 Å². The van der Waals surface area contributed by atoms with E-state index < -0.39 is 11.7 Å². The maximum Gasteiger partial charge on any atom is 0.416 e. The highest BCUT2D eigenvalue weighted by Crippen LogP contribution is 2.50. The number of nitrogens with two attached hydrogens (primary N) is 2. The van der Waals surface area contributed by atoms with E-state index in [0.29, 0.717) is 17.1 Å². The lowest BCUT2D eigenvalue weighted by molar-refractivity contribution is -0.137. The predicted octanol–water partition coefficient (Wildman–Crippen LogP) is 4.68. The molecule has 10 heteroatoms. The normalized spacial score (nSPS) is 19.7. The zero-order valence-electron chi connectivity index (χ0n) is 19.7. The minimum Gasteiger partial charge on any atom is -0.380 e. The van der Waals surface area contributed by atoms with Crippen LogP contribution in [0.2, 0.25) is 0 Å². The topological polar surface area (TPSA) is 82.6 Å². The molecule has 0 atom stereocenters. The average Bonchev–Trinajstić information content (AvgIpc) is 2.84. The van der Waals surface area contributed by atoms with Crippen molar-refractivity contribution in [3.05, 3.63) is 35.9 Å². The van der Waals surface area contributed by atoms with Crippen molar-refractivity contribution in [2.45, 2.75) is 53.7 Å². The van der Waals surface area contributed by atoms with Crippen LogP contribution in [0.4, 0.5) is 35.9 Å². The van der Waals surface area contributed by atoms with E-state index in [1.807, 2.05) is 6.07 Å². The standard InChI is InChI=1S/C25H33F3N6S/c26-25(27,28)16-13-21(31-18-5-8-33(9-6-18)12-7-29)24-23(14-16)35-22-15-19(1-2-20(22)32-24)34-10-3-17(30)4-11-34/h1-2,13-15,17-18,31-32H,3-12,29-30H2. The van der Waals surface area contributed by atoms with Crippen LogP contribution in [0.1, 0.15) is 31.2 Å². The van der Waals surface area contributed by atoms with Crippen molar-refractivity contribution < 1.29 is 13.2 Å². The average molecular weight is 507 g/mol. The predicted molar refractivity (Wildman–Crippen MR) is 137 cm³/mol. The van der Waals surface area contributed by atoms with Gasteiger partial charge < -0.3 is 31.9 Å². The molecule has 0 amide bonds. The fourth-order valence-corrected chi connectivity index (χ4v) is 6.21. The number of rotatable bonds is 5. The van der Waals surface area contributed by atoms with Crippen molar-refractivity contribution >= 4 is 34.5 Å². The quantitative estimate of drug-likeness (QED) is 0.400. The van der Waals surface area contributed by atoms with E-state index in [9.17, 15) is 13.2 Å². The second kappa shape index (κ2) is 10.1. The van der Waals surface area contributed by atoms with Crippen LogP contribution in [0, 0.1) is 0 Å². The molecule has 0 aromatic heterocycles. The summed E-state index contributed by atoms with van der Waals surface area (Å²) in [7, 11) is 0. The lowest BCUT2D eigenvalue weighted by atomic mass is 10.0. The van der Waals surface area contributed by atoms with Crippen molar-refractivity contribution in [1.82, 2.24) is 4.90 Å². The monoisotopic (exact) mass is 506 g/mol. The van der Waals surface area contributed by atoms with Gasteiger partial charge in [0.25, 0.3) is 0 Å². The zero-order chi connectivity index (χ0) is 24.6. The number of anilines is 4. The number of alkyl halides is 3. The summed E-state index contributed by atoms with van der Waals surface area (Å²) in [6, 6.07) is 9.06. The van der Waals surface area contributed by atoms with Crippen molar-refractivity contribution in [3.8, 4) is 0 Å². The Balaban J connectivity index is 1.39. The minimum absolute atomic E-state index is 0.123. The maximum atomic E-state index is 13.8. The Labute approximate surface area is 208 Å². The number of likely N-dealkylation sites (tertiary alicyclic amines) is 1. The van der Waals surface area contributed by atoms with Gasteiger partial charge in [-0.1, -0.05) is 11.8 Å². The van der Waals surface area contributed by atoms with Gasteiger partial charge in [-0.05, 0) is 56.0 Å². The molecule has 0 radical (unpaired) electrons. The molecule has 6 nitrogen and oxygen atoms in total. The summed E-state index contributed by atoms with van der Waals surface area (Å²) in [6.07, 6.45) is -0.777. The number of nitrogens with zero attached hydrogens (tertiary/aromatic N) is 2. The number of hydrogen-bond acceptors (Lipinski definition) is 7. The largest absolute Gasteiger partial charge is 0.416 e. The Morgan fingerprint density at radius 3 is 2.43 bits per heavy atom. The summed E-state index contributed by atoms with van der Waals surface area (Å²) in [5.41, 5.74) is 14.3. The molecule has 2 aromatic rings. The first-order valence-electron chi connectivity index (χ1n) is 12.3. The first kappa shape index (κ1) is 24.5. The van der Waals surface area contributed by atoms with Gasteiger partial charge in [0.15, 0.2) is 0 Å². The van der Waals surface area contributed by atoms with Gasteiger partial charge >= 0.3 is 6.18 Å². The van der Waals surface area contributed by atoms with Gasteiger partial charge in [-0.2, -0.15) is 13.2 Å². The highest BCUT2D eigenvalue weighted by atomic mass is 32.2. The van der Waals surface area contributed by atoms with Crippen LogP contribution >= 0.6 is 11.8 Å². The molecular weight excluding hydrogens is 473 g/mol. The van der Waals surface area contributed by atoms with Crippen LogP contribution in [0.5, 0.6) is 0 Å². The number of piperidine rings is 2. The molecule has 6 N–H and O–H groups in total. The van der Waals surface area contributed by atoms with Gasteiger partial charge in [0.2, 0.25) is 0 Å². The summed E-state index contributed by atoms with van der Waals surface area (Å²) in [5, 5.41) is 6.86. The zero-order valence-corrected chi connectivity index (χ0v) is 20.5. The van der Waals surface area contributed by atoms with Gasteiger partial charge in [0.05, 0.1) is 22.6 Å². The molecule has 35 heavy (non-hydrogen) atoms. The van der Waals surface area contributed by atoms with Crippen molar-refractivity contribution in [2.24, 2.45) is 11.5 Å². The Morgan fingerprint density at radius 2 is 1.74 bits per heavy atom. The molecule has 0 spiro atoms. The molecule has 3 aliphatic heterocycles. The van der Waals surface area contributed by atoms with E-state index in [1.165, 1.54) is 23.9 Å². The van der Waals surface area contributed by atoms with E-state index in [0.717, 1.165) is 80.4 Å². The van der Waals surface area contributed by atoms with E-state index in [1.54, 1.807) is 0 Å². The first-order valence-corrected chi connectivity index (χ1v) is 13.2. The van der Waals surface area contributed by atoms with E-state index >= 15 is 0 Å². The van der Waals surface area contributed by atoms with Gasteiger partial charge in [0, 0.05) is 66.8 Å². The van der Waals surface area contributed by atoms with Gasteiger partial charge in [0.1, 0.15) is 0 Å². The lowest BCUT2D eigenvalue weighted by Crippen LogP contribution is -2.41. The van der Waals surface area contributed by atoms with Crippen LogP contribution in [0.15, 0.2) is 40.1 Å². The third-order valence-electron chi connectivity index (χ3n) is 7.17. The Morgan fingerprint density at radius 1 is 1.00 bits per heavy atom. The third kappa shape index (κ3) is 5.50. The lowest BCUT2D eigenvalue weighted by Gasteiger charge is -2.34. The fraction of sp³-hybridized carbons (Fsp3) is 0.520. The molecule has 0 aliphatic carbocycles. The molecule has 2 saturated heterocycles. The number of fused-ring (bicyclic) bond motifs is 2. The maximum absolute atomic E-state index is 13.8. The van der Waals surface area contributed by atoms with Crippen LogP contribution in [-0.4, -0.2) is 56.3 Å². The van der Waals surface area contributed by atoms with Crippen LogP contribution in [-0.2, 0) is 6.18 Å². The molecule has 3 aliphatic rings. The molecule has 5 rings (SSSR count). The number of nitrogens with one attached hydrogen (secondary N) is 2. The summed E-state index contributed by atoms with van der Waals surface area (Å²) < 4.78 is 41.4. The molecule has 0 bridgehead atoms. The van der Waals surface area contributed by atoms with Crippen molar-refractivity contribution in [3.63, 3.8) is 0 Å². The highest BCUT2D eigenvalue weighted by Gasteiger charge is 2.34. The fourth-order valence-electron chi connectivity index (χ4n) is 5.11. The van der Waals surface area contributed by atoms with Crippen LogP contribution < -0.4 is 27.0 Å². The molecule has 0 saturated carbocycles. The summed E-state index contributed by atoms with van der Waals surface area (Å²) in [4.78, 5) is 6.13. The molecule has 0 unspecified atom stereocenters. The summed E-state index contributed by atoms with van der Waals surface area (Å²) in [6.45, 7) is 5.05. The Hall–Kier alpha value is -2.14. The first-order chi connectivity index (χ1) is 16.8. The van der Waals surface area contributed by atoms with Gasteiger partial charge in [-0.15, -0.1) is 0 Å². The second-order valence-electron chi connectivity index (χ2n) is 9.68. The molecule has 190 valence electrons. The summed E-state index contributed by atoms with van der Waals surface area (Å²) >= 11 is 1.40. The number of benzene rings is 2. The molecule has 2 fully saturated rings. The van der Waals surface area contributed by atoms with Crippen LogP contribution in [0.25, 0.3) is 0 Å². The van der Waals surface area contributed by atoms with Crippen molar-refractivity contribution in [1.29, 1.82) is 0 Å². The van der Waals surface area contributed by atoms with E-state index in [2.05, 4.69) is 32.6 Å².